The third-order valence-corrected chi connectivity index (χ3v) is 3.80. The van der Waals surface area contributed by atoms with E-state index in [0.29, 0.717) is 5.02 Å². The zero-order valence-electron chi connectivity index (χ0n) is 10.6. The highest BCUT2D eigenvalue weighted by atomic mass is 79.9. The third-order valence-electron chi connectivity index (χ3n) is 2.88. The highest BCUT2D eigenvalue weighted by Crippen LogP contribution is 2.30. The first-order valence-corrected chi connectivity index (χ1v) is 7.26. The van der Waals surface area contributed by atoms with Crippen molar-refractivity contribution < 1.29 is 0 Å². The maximum absolute atomic E-state index is 5.96. The van der Waals surface area contributed by atoms with Crippen molar-refractivity contribution in [2.75, 3.05) is 0 Å². The van der Waals surface area contributed by atoms with Gasteiger partial charge in [-0.25, -0.2) is 5.43 Å². The Bertz CT molecular complexity index is 555. The van der Waals surface area contributed by atoms with Crippen molar-refractivity contribution >= 4 is 27.5 Å². The third kappa shape index (κ3) is 3.36. The monoisotopic (exact) mass is 342 g/mol. The van der Waals surface area contributed by atoms with Crippen LogP contribution >= 0.6 is 27.5 Å². The zero-order chi connectivity index (χ0) is 13.8. The van der Waals surface area contributed by atoms with Crippen molar-refractivity contribution in [3.05, 3.63) is 51.2 Å². The number of aryl methyl sites for hydroxylation is 1. The highest BCUT2D eigenvalue weighted by molar-refractivity contribution is 9.10. The quantitative estimate of drug-likeness (QED) is 0.647. The van der Waals surface area contributed by atoms with E-state index in [0.717, 1.165) is 28.6 Å². The lowest BCUT2D eigenvalue weighted by Gasteiger charge is -2.16. The van der Waals surface area contributed by atoms with Gasteiger partial charge in [0.25, 0.3) is 0 Å². The van der Waals surface area contributed by atoms with E-state index in [1.807, 2.05) is 35.3 Å². The van der Waals surface area contributed by atoms with Crippen molar-refractivity contribution in [2.24, 2.45) is 5.84 Å². The van der Waals surface area contributed by atoms with Crippen LogP contribution in [0.4, 0.5) is 0 Å². The number of rotatable bonds is 5. The van der Waals surface area contributed by atoms with E-state index in [1.165, 1.54) is 0 Å². The Labute approximate surface area is 126 Å². The molecule has 0 spiro atoms. The summed E-state index contributed by atoms with van der Waals surface area (Å²) >= 11 is 9.47. The summed E-state index contributed by atoms with van der Waals surface area (Å²) in [5.41, 5.74) is 4.88. The average molecular weight is 344 g/mol. The fourth-order valence-electron chi connectivity index (χ4n) is 1.98. The largest absolute Gasteiger partial charge is 0.272 e. The second-order valence-electron chi connectivity index (χ2n) is 4.30. The van der Waals surface area contributed by atoms with Gasteiger partial charge in [0.2, 0.25) is 0 Å². The number of aromatic nitrogens is 2. The van der Waals surface area contributed by atoms with Crippen LogP contribution in [-0.2, 0) is 6.54 Å². The number of hydrogen-bond acceptors (Lipinski definition) is 3. The molecule has 0 aliphatic heterocycles. The van der Waals surface area contributed by atoms with Crippen LogP contribution in [0.2, 0.25) is 5.02 Å². The lowest BCUT2D eigenvalue weighted by atomic mass is 10.0. The number of nitrogens with two attached hydrogens (primary N) is 1. The Balaban J connectivity index is 2.32. The first-order chi connectivity index (χ1) is 9.15. The molecule has 102 valence electrons. The van der Waals surface area contributed by atoms with E-state index in [9.17, 15) is 0 Å². The fourth-order valence-corrected chi connectivity index (χ4v) is 2.89. The zero-order valence-corrected chi connectivity index (χ0v) is 12.9. The molecule has 0 aliphatic carbocycles. The van der Waals surface area contributed by atoms with Crippen LogP contribution < -0.4 is 11.3 Å². The SMILES string of the molecule is CCCn1cc(C(NN)c2ccc(Cl)cc2Br)cn1. The van der Waals surface area contributed by atoms with E-state index in [-0.39, 0.29) is 6.04 Å². The van der Waals surface area contributed by atoms with Gasteiger partial charge in [0.1, 0.15) is 0 Å². The molecule has 2 rings (SSSR count). The van der Waals surface area contributed by atoms with Crippen molar-refractivity contribution in [1.29, 1.82) is 0 Å². The molecule has 6 heteroatoms. The maximum atomic E-state index is 5.96. The van der Waals surface area contributed by atoms with E-state index < -0.39 is 0 Å². The van der Waals surface area contributed by atoms with Gasteiger partial charge >= 0.3 is 0 Å². The van der Waals surface area contributed by atoms with Crippen LogP contribution in [0.15, 0.2) is 35.1 Å². The van der Waals surface area contributed by atoms with Gasteiger partial charge in [-0.05, 0) is 24.1 Å². The van der Waals surface area contributed by atoms with Crippen LogP contribution in [0.1, 0.15) is 30.5 Å². The first-order valence-electron chi connectivity index (χ1n) is 6.09. The molecule has 0 aliphatic rings. The molecule has 0 bridgehead atoms. The van der Waals surface area contributed by atoms with Gasteiger partial charge in [-0.15, -0.1) is 0 Å². The van der Waals surface area contributed by atoms with Gasteiger partial charge < -0.3 is 0 Å². The summed E-state index contributed by atoms with van der Waals surface area (Å²) in [4.78, 5) is 0. The molecule has 4 nitrogen and oxygen atoms in total. The summed E-state index contributed by atoms with van der Waals surface area (Å²) in [6, 6.07) is 5.55. The molecule has 2 aromatic rings. The molecular formula is C13H16BrClN4. The predicted octanol–water partition coefficient (Wildman–Crippen LogP) is 3.26. The van der Waals surface area contributed by atoms with Crippen molar-refractivity contribution in [3.8, 4) is 0 Å². The number of nitrogens with one attached hydrogen (secondary N) is 1. The van der Waals surface area contributed by atoms with E-state index in [4.69, 9.17) is 17.4 Å². The molecule has 1 aromatic carbocycles. The van der Waals surface area contributed by atoms with Crippen molar-refractivity contribution in [1.82, 2.24) is 15.2 Å². The first kappa shape index (κ1) is 14.5. The standard InChI is InChI=1S/C13H16BrClN4/c1-2-5-19-8-9(7-17-19)13(18-16)11-4-3-10(15)6-12(11)14/h3-4,6-8,13,18H,2,5,16H2,1H3. The van der Waals surface area contributed by atoms with Crippen LogP contribution in [0.3, 0.4) is 0 Å². The van der Waals surface area contributed by atoms with Gasteiger partial charge in [0.05, 0.1) is 12.2 Å². The predicted molar refractivity (Wildman–Crippen MR) is 80.8 cm³/mol. The highest BCUT2D eigenvalue weighted by Gasteiger charge is 2.17. The molecule has 1 atom stereocenters. The second kappa shape index (κ2) is 6.52. The van der Waals surface area contributed by atoms with Gasteiger partial charge in [0, 0.05) is 27.8 Å². The summed E-state index contributed by atoms with van der Waals surface area (Å²) < 4.78 is 2.84. The Morgan fingerprint density at radius 3 is 2.95 bits per heavy atom. The van der Waals surface area contributed by atoms with Crippen LogP contribution in [0.25, 0.3) is 0 Å². The molecule has 1 heterocycles. The number of nitrogens with zero attached hydrogens (tertiary/aromatic N) is 2. The van der Waals surface area contributed by atoms with Gasteiger partial charge in [0.15, 0.2) is 0 Å². The molecular weight excluding hydrogens is 328 g/mol. The minimum absolute atomic E-state index is 0.114. The van der Waals surface area contributed by atoms with E-state index in [1.54, 1.807) is 0 Å². The Hall–Kier alpha value is -0.880. The van der Waals surface area contributed by atoms with Gasteiger partial charge in [-0.3, -0.25) is 10.5 Å². The Morgan fingerprint density at radius 1 is 1.53 bits per heavy atom. The maximum Gasteiger partial charge on any atom is 0.0751 e. The normalized spacial score (nSPS) is 12.6. The molecule has 0 saturated heterocycles. The number of hydrogen-bond donors (Lipinski definition) is 2. The van der Waals surface area contributed by atoms with E-state index >= 15 is 0 Å². The molecule has 1 unspecified atom stereocenters. The van der Waals surface area contributed by atoms with Gasteiger partial charge in [-0.2, -0.15) is 5.10 Å². The lowest BCUT2D eigenvalue weighted by molar-refractivity contribution is 0.597. The van der Waals surface area contributed by atoms with Crippen LogP contribution in [-0.4, -0.2) is 9.78 Å². The molecule has 0 fully saturated rings. The van der Waals surface area contributed by atoms with Crippen molar-refractivity contribution in [3.63, 3.8) is 0 Å². The number of halogens is 2. The summed E-state index contributed by atoms with van der Waals surface area (Å²) in [6.07, 6.45) is 4.89. The summed E-state index contributed by atoms with van der Waals surface area (Å²) in [7, 11) is 0. The number of hydrazine groups is 1. The Morgan fingerprint density at radius 2 is 2.32 bits per heavy atom. The minimum Gasteiger partial charge on any atom is -0.272 e. The van der Waals surface area contributed by atoms with Crippen LogP contribution in [0, 0.1) is 0 Å². The lowest BCUT2D eigenvalue weighted by Crippen LogP contribution is -2.28. The van der Waals surface area contributed by atoms with E-state index in [2.05, 4.69) is 33.4 Å². The van der Waals surface area contributed by atoms with Crippen molar-refractivity contribution in [2.45, 2.75) is 25.9 Å². The molecule has 0 saturated carbocycles. The molecule has 0 radical (unpaired) electrons. The number of benzene rings is 1. The smallest absolute Gasteiger partial charge is 0.0751 e. The average Bonchev–Trinajstić information content (AvgIpc) is 2.82. The fraction of sp³-hybridized carbons (Fsp3) is 0.308. The molecule has 3 N–H and O–H groups in total. The minimum atomic E-state index is -0.114. The topological polar surface area (TPSA) is 55.9 Å². The molecule has 19 heavy (non-hydrogen) atoms. The molecule has 0 amide bonds. The second-order valence-corrected chi connectivity index (χ2v) is 5.59. The summed E-state index contributed by atoms with van der Waals surface area (Å²) in [6.45, 7) is 3.02. The van der Waals surface area contributed by atoms with Gasteiger partial charge in [-0.1, -0.05) is 40.5 Å². The molecule has 1 aromatic heterocycles. The summed E-state index contributed by atoms with van der Waals surface area (Å²) in [5, 5.41) is 5.02. The van der Waals surface area contributed by atoms with Crippen LogP contribution in [0.5, 0.6) is 0 Å². The summed E-state index contributed by atoms with van der Waals surface area (Å²) in [5.74, 6) is 5.69. The Kier molecular flexibility index (Phi) is 4.99.